The van der Waals surface area contributed by atoms with Crippen molar-refractivity contribution >= 4 is 5.69 Å². The fourth-order valence-corrected chi connectivity index (χ4v) is 2.35. The van der Waals surface area contributed by atoms with Crippen molar-refractivity contribution in [1.29, 1.82) is 0 Å². The van der Waals surface area contributed by atoms with E-state index in [-0.39, 0.29) is 12.6 Å². The predicted molar refractivity (Wildman–Crippen MR) is 66.9 cm³/mol. The van der Waals surface area contributed by atoms with E-state index in [9.17, 15) is 5.11 Å². The molecular weight excluding hydrogens is 200 g/mol. The number of hydrogen-bond donors (Lipinski definition) is 2. The second-order valence-corrected chi connectivity index (χ2v) is 4.59. The number of aliphatic hydroxyl groups excluding tert-OH is 1. The number of anilines is 1. The van der Waals surface area contributed by atoms with Crippen LogP contribution in [0.3, 0.4) is 0 Å². The zero-order valence-corrected chi connectivity index (χ0v) is 9.98. The van der Waals surface area contributed by atoms with Crippen molar-refractivity contribution in [3.05, 3.63) is 29.8 Å². The fraction of sp³-hybridized carbons (Fsp3) is 0.538. The summed E-state index contributed by atoms with van der Waals surface area (Å²) in [6.07, 6.45) is 0. The first kappa shape index (κ1) is 11.4. The van der Waals surface area contributed by atoms with Crippen molar-refractivity contribution in [2.45, 2.75) is 25.9 Å². The Kier molecular flexibility index (Phi) is 3.46. The topological polar surface area (TPSA) is 35.5 Å². The molecule has 1 aromatic carbocycles. The largest absolute Gasteiger partial charge is 0.394 e. The lowest BCUT2D eigenvalue weighted by Crippen LogP contribution is -2.57. The number of hydrogen-bond acceptors (Lipinski definition) is 3. The van der Waals surface area contributed by atoms with Crippen LogP contribution in [0.1, 0.15) is 12.5 Å². The van der Waals surface area contributed by atoms with Crippen molar-refractivity contribution < 1.29 is 5.11 Å². The minimum atomic E-state index is 0.187. The summed E-state index contributed by atoms with van der Waals surface area (Å²) in [4.78, 5) is 2.32. The van der Waals surface area contributed by atoms with Gasteiger partial charge in [-0.15, -0.1) is 0 Å². The van der Waals surface area contributed by atoms with Crippen LogP contribution in [0.15, 0.2) is 24.3 Å². The molecule has 16 heavy (non-hydrogen) atoms. The molecule has 0 radical (unpaired) electrons. The number of benzene rings is 1. The van der Waals surface area contributed by atoms with Gasteiger partial charge in [0.1, 0.15) is 0 Å². The Morgan fingerprint density at radius 1 is 1.31 bits per heavy atom. The molecule has 0 aromatic heterocycles. The molecule has 2 rings (SSSR count). The van der Waals surface area contributed by atoms with Gasteiger partial charge in [0.05, 0.1) is 12.6 Å². The number of piperazine rings is 1. The Morgan fingerprint density at radius 2 is 2.00 bits per heavy atom. The minimum Gasteiger partial charge on any atom is -0.394 e. The van der Waals surface area contributed by atoms with Crippen LogP contribution in [-0.2, 0) is 0 Å². The van der Waals surface area contributed by atoms with E-state index in [1.54, 1.807) is 0 Å². The SMILES string of the molecule is Cc1ccc(N2C(C)CNCC2CO)cc1. The van der Waals surface area contributed by atoms with Gasteiger partial charge < -0.3 is 15.3 Å². The zero-order valence-electron chi connectivity index (χ0n) is 9.98. The molecule has 1 aliphatic heterocycles. The van der Waals surface area contributed by atoms with Gasteiger partial charge in [-0.25, -0.2) is 0 Å². The third kappa shape index (κ3) is 2.20. The standard InChI is InChI=1S/C13H20N2O/c1-10-3-5-12(6-4-10)15-11(2)7-14-8-13(15)9-16/h3-6,11,13-14,16H,7-9H2,1-2H3. The van der Waals surface area contributed by atoms with Crippen molar-refractivity contribution in [2.24, 2.45) is 0 Å². The van der Waals surface area contributed by atoms with Crippen LogP contribution in [0.5, 0.6) is 0 Å². The van der Waals surface area contributed by atoms with E-state index in [0.29, 0.717) is 6.04 Å². The Bertz CT molecular complexity index is 336. The van der Waals surface area contributed by atoms with Gasteiger partial charge >= 0.3 is 0 Å². The second-order valence-electron chi connectivity index (χ2n) is 4.59. The summed E-state index contributed by atoms with van der Waals surface area (Å²) < 4.78 is 0. The Labute approximate surface area is 97.1 Å². The average molecular weight is 220 g/mol. The summed E-state index contributed by atoms with van der Waals surface area (Å²) in [6.45, 7) is 6.31. The molecule has 1 heterocycles. The van der Waals surface area contributed by atoms with E-state index in [0.717, 1.165) is 13.1 Å². The van der Waals surface area contributed by atoms with Gasteiger partial charge in [-0.05, 0) is 26.0 Å². The highest BCUT2D eigenvalue weighted by Gasteiger charge is 2.26. The molecule has 1 fully saturated rings. The lowest BCUT2D eigenvalue weighted by Gasteiger charge is -2.42. The van der Waals surface area contributed by atoms with Crippen LogP contribution in [0.2, 0.25) is 0 Å². The third-order valence-electron chi connectivity index (χ3n) is 3.23. The first-order chi connectivity index (χ1) is 7.72. The Balaban J connectivity index is 2.24. The number of rotatable bonds is 2. The first-order valence-electron chi connectivity index (χ1n) is 5.89. The average Bonchev–Trinajstić information content (AvgIpc) is 2.30. The van der Waals surface area contributed by atoms with Crippen molar-refractivity contribution in [1.82, 2.24) is 5.32 Å². The normalized spacial score (nSPS) is 25.8. The Hall–Kier alpha value is -1.06. The second kappa shape index (κ2) is 4.85. The summed E-state index contributed by atoms with van der Waals surface area (Å²) in [5, 5.41) is 12.8. The number of aryl methyl sites for hydroxylation is 1. The highest BCUT2D eigenvalue weighted by atomic mass is 16.3. The van der Waals surface area contributed by atoms with Crippen LogP contribution < -0.4 is 10.2 Å². The van der Waals surface area contributed by atoms with E-state index in [2.05, 4.69) is 48.3 Å². The zero-order chi connectivity index (χ0) is 11.5. The van der Waals surface area contributed by atoms with E-state index in [1.165, 1.54) is 11.3 Å². The molecule has 0 spiro atoms. The molecule has 0 saturated carbocycles. The molecule has 0 bridgehead atoms. The van der Waals surface area contributed by atoms with Gasteiger partial charge in [-0.2, -0.15) is 0 Å². The smallest absolute Gasteiger partial charge is 0.0649 e. The maximum atomic E-state index is 9.41. The lowest BCUT2D eigenvalue weighted by atomic mass is 10.1. The highest BCUT2D eigenvalue weighted by molar-refractivity contribution is 5.50. The molecule has 3 heteroatoms. The summed E-state index contributed by atoms with van der Waals surface area (Å²) in [7, 11) is 0. The van der Waals surface area contributed by atoms with Crippen molar-refractivity contribution in [2.75, 3.05) is 24.6 Å². The maximum Gasteiger partial charge on any atom is 0.0649 e. The summed E-state index contributed by atoms with van der Waals surface area (Å²) in [5.41, 5.74) is 2.48. The van der Waals surface area contributed by atoms with Gasteiger partial charge in [0.25, 0.3) is 0 Å². The summed E-state index contributed by atoms with van der Waals surface area (Å²) >= 11 is 0. The van der Waals surface area contributed by atoms with E-state index < -0.39 is 0 Å². The fourth-order valence-electron chi connectivity index (χ4n) is 2.35. The predicted octanol–water partition coefficient (Wildman–Crippen LogP) is 1.15. The lowest BCUT2D eigenvalue weighted by molar-refractivity contribution is 0.235. The monoisotopic (exact) mass is 220 g/mol. The van der Waals surface area contributed by atoms with E-state index >= 15 is 0 Å². The van der Waals surface area contributed by atoms with E-state index in [4.69, 9.17) is 0 Å². The molecule has 0 aliphatic carbocycles. The molecule has 0 amide bonds. The Morgan fingerprint density at radius 3 is 2.62 bits per heavy atom. The van der Waals surface area contributed by atoms with E-state index in [1.807, 2.05) is 0 Å². The van der Waals surface area contributed by atoms with Gasteiger partial charge in [0.15, 0.2) is 0 Å². The van der Waals surface area contributed by atoms with Crippen molar-refractivity contribution in [3.63, 3.8) is 0 Å². The number of aliphatic hydroxyl groups is 1. The van der Waals surface area contributed by atoms with Gasteiger partial charge in [0, 0.05) is 24.8 Å². The molecule has 88 valence electrons. The minimum absolute atomic E-state index is 0.187. The van der Waals surface area contributed by atoms with Gasteiger partial charge in [-0.1, -0.05) is 17.7 Å². The molecule has 1 aromatic rings. The molecule has 1 saturated heterocycles. The highest BCUT2D eigenvalue weighted by Crippen LogP contribution is 2.22. The number of nitrogens with one attached hydrogen (secondary N) is 1. The maximum absolute atomic E-state index is 9.41. The molecule has 1 aliphatic rings. The molecular formula is C13H20N2O. The van der Waals surface area contributed by atoms with Crippen LogP contribution in [0, 0.1) is 6.92 Å². The third-order valence-corrected chi connectivity index (χ3v) is 3.23. The van der Waals surface area contributed by atoms with Crippen LogP contribution in [0.4, 0.5) is 5.69 Å². The molecule has 2 unspecified atom stereocenters. The van der Waals surface area contributed by atoms with Crippen LogP contribution in [0.25, 0.3) is 0 Å². The van der Waals surface area contributed by atoms with Crippen LogP contribution in [-0.4, -0.2) is 36.9 Å². The van der Waals surface area contributed by atoms with Gasteiger partial charge in [-0.3, -0.25) is 0 Å². The summed E-state index contributed by atoms with van der Waals surface area (Å²) in [6, 6.07) is 9.14. The summed E-state index contributed by atoms with van der Waals surface area (Å²) in [5.74, 6) is 0. The quantitative estimate of drug-likeness (QED) is 0.785. The van der Waals surface area contributed by atoms with Crippen molar-refractivity contribution in [3.8, 4) is 0 Å². The first-order valence-corrected chi connectivity index (χ1v) is 5.89. The molecule has 2 N–H and O–H groups in total. The molecule has 2 atom stereocenters. The molecule has 3 nitrogen and oxygen atoms in total. The van der Waals surface area contributed by atoms with Crippen LogP contribution >= 0.6 is 0 Å². The number of nitrogens with zero attached hydrogens (tertiary/aromatic N) is 1. The van der Waals surface area contributed by atoms with Gasteiger partial charge in [0.2, 0.25) is 0 Å².